The minimum absolute atomic E-state index is 0.102. The van der Waals surface area contributed by atoms with Crippen LogP contribution >= 0.6 is 22.9 Å². The van der Waals surface area contributed by atoms with Gasteiger partial charge in [0.25, 0.3) is 0 Å². The van der Waals surface area contributed by atoms with Crippen LogP contribution in [0.5, 0.6) is 0 Å². The molecule has 2 aromatic heterocycles. The fraction of sp³-hybridized carbons (Fsp3) is 0.308. The van der Waals surface area contributed by atoms with Crippen LogP contribution in [0.3, 0.4) is 0 Å². The molecule has 0 atom stereocenters. The minimum Gasteiger partial charge on any atom is -0.478 e. The zero-order chi connectivity index (χ0) is 14.8. The lowest BCUT2D eigenvalue weighted by molar-refractivity contribution is 0.0696. The summed E-state index contributed by atoms with van der Waals surface area (Å²) in [5.41, 5.74) is 0.102. The third-order valence-corrected chi connectivity index (χ3v) is 4.45. The molecule has 0 bridgehead atoms. The van der Waals surface area contributed by atoms with E-state index in [2.05, 4.69) is 19.8 Å². The van der Waals surface area contributed by atoms with Crippen molar-refractivity contribution in [3.8, 4) is 0 Å². The zero-order valence-corrected chi connectivity index (χ0v) is 12.6. The Labute approximate surface area is 130 Å². The highest BCUT2D eigenvalue weighted by molar-refractivity contribution is 7.13. The van der Waals surface area contributed by atoms with E-state index in [0.29, 0.717) is 10.8 Å². The van der Waals surface area contributed by atoms with Gasteiger partial charge in [-0.1, -0.05) is 11.6 Å². The minimum atomic E-state index is -1.02. The molecule has 2 aromatic rings. The van der Waals surface area contributed by atoms with E-state index < -0.39 is 5.97 Å². The maximum atomic E-state index is 10.9. The summed E-state index contributed by atoms with van der Waals surface area (Å²) < 4.78 is 0. The maximum absolute atomic E-state index is 10.9. The average molecular weight is 325 g/mol. The fourth-order valence-electron chi connectivity index (χ4n) is 2.26. The second-order valence-corrected chi connectivity index (χ2v) is 5.90. The normalized spacial score (nSPS) is 15.3. The number of anilines is 2. The first-order valence-electron chi connectivity index (χ1n) is 6.43. The van der Waals surface area contributed by atoms with Crippen LogP contribution < -0.4 is 9.80 Å². The Kier molecular flexibility index (Phi) is 3.94. The molecule has 0 aliphatic carbocycles. The van der Waals surface area contributed by atoms with Crippen molar-refractivity contribution in [1.29, 1.82) is 0 Å². The number of halogens is 1. The molecule has 1 N–H and O–H groups in total. The van der Waals surface area contributed by atoms with E-state index in [1.54, 1.807) is 17.5 Å². The van der Waals surface area contributed by atoms with Crippen molar-refractivity contribution in [2.24, 2.45) is 0 Å². The topological polar surface area (TPSA) is 69.6 Å². The van der Waals surface area contributed by atoms with Gasteiger partial charge in [-0.25, -0.2) is 14.8 Å². The molecule has 8 heteroatoms. The predicted octanol–water partition coefficient (Wildman–Crippen LogP) is 2.22. The van der Waals surface area contributed by atoms with Gasteiger partial charge >= 0.3 is 5.97 Å². The lowest BCUT2D eigenvalue weighted by atomic mass is 10.2. The number of thiazole rings is 1. The van der Waals surface area contributed by atoms with Gasteiger partial charge in [0.2, 0.25) is 0 Å². The van der Waals surface area contributed by atoms with Crippen molar-refractivity contribution in [1.82, 2.24) is 9.97 Å². The largest absolute Gasteiger partial charge is 0.478 e. The van der Waals surface area contributed by atoms with E-state index in [9.17, 15) is 4.79 Å². The highest BCUT2D eigenvalue weighted by Gasteiger charge is 2.21. The number of carboxylic acid groups (broad SMARTS) is 1. The number of aromatic nitrogens is 2. The Morgan fingerprint density at radius 3 is 2.52 bits per heavy atom. The number of piperazine rings is 1. The van der Waals surface area contributed by atoms with Crippen molar-refractivity contribution in [2.45, 2.75) is 0 Å². The van der Waals surface area contributed by atoms with Gasteiger partial charge in [0.1, 0.15) is 5.82 Å². The quantitative estimate of drug-likeness (QED) is 0.933. The van der Waals surface area contributed by atoms with E-state index in [0.717, 1.165) is 31.3 Å². The second kappa shape index (κ2) is 5.87. The maximum Gasteiger partial charge on any atom is 0.337 e. The Balaban J connectivity index is 1.71. The number of nitrogens with zero attached hydrogens (tertiary/aromatic N) is 4. The van der Waals surface area contributed by atoms with Gasteiger partial charge in [-0.3, -0.25) is 0 Å². The molecule has 0 unspecified atom stereocenters. The third kappa shape index (κ3) is 2.93. The number of rotatable bonds is 3. The molecule has 21 heavy (non-hydrogen) atoms. The predicted molar refractivity (Wildman–Crippen MR) is 82.7 cm³/mol. The summed E-state index contributed by atoms with van der Waals surface area (Å²) in [5, 5.41) is 12.3. The molecule has 1 aliphatic rings. The van der Waals surface area contributed by atoms with Crippen molar-refractivity contribution < 1.29 is 9.90 Å². The van der Waals surface area contributed by atoms with Crippen molar-refractivity contribution in [2.75, 3.05) is 36.0 Å². The molecule has 6 nitrogen and oxygen atoms in total. The van der Waals surface area contributed by atoms with Crippen LogP contribution in [0.25, 0.3) is 0 Å². The first-order chi connectivity index (χ1) is 10.1. The van der Waals surface area contributed by atoms with Crippen LogP contribution in [0.1, 0.15) is 10.4 Å². The number of pyridine rings is 1. The third-order valence-electron chi connectivity index (χ3n) is 3.34. The summed E-state index contributed by atoms with van der Waals surface area (Å²) in [4.78, 5) is 23.7. The summed E-state index contributed by atoms with van der Waals surface area (Å²) in [6, 6.07) is 1.44. The molecule has 0 saturated carbocycles. The van der Waals surface area contributed by atoms with Crippen molar-refractivity contribution in [3.05, 3.63) is 34.4 Å². The number of carboxylic acids is 1. The fourth-order valence-corrected chi connectivity index (χ4v) is 3.24. The molecule has 0 aromatic carbocycles. The monoisotopic (exact) mass is 324 g/mol. The summed E-state index contributed by atoms with van der Waals surface area (Å²) in [7, 11) is 0. The van der Waals surface area contributed by atoms with Crippen LogP contribution in [0.4, 0.5) is 10.9 Å². The number of hydrogen-bond acceptors (Lipinski definition) is 6. The van der Waals surface area contributed by atoms with Gasteiger partial charge in [-0.05, 0) is 6.07 Å². The second-order valence-electron chi connectivity index (χ2n) is 4.62. The highest BCUT2D eigenvalue weighted by Crippen LogP contribution is 2.26. The van der Waals surface area contributed by atoms with Gasteiger partial charge in [0.15, 0.2) is 5.13 Å². The van der Waals surface area contributed by atoms with Gasteiger partial charge < -0.3 is 14.9 Å². The number of carbonyl (C=O) groups is 1. The van der Waals surface area contributed by atoms with Gasteiger partial charge in [-0.15, -0.1) is 11.3 Å². The molecule has 1 saturated heterocycles. The Morgan fingerprint density at radius 2 is 1.95 bits per heavy atom. The standard InChI is InChI=1S/C13H13ClN4O2S/c14-10-7-9(12(19)20)8-16-11(10)17-2-4-18(5-3-17)13-15-1-6-21-13/h1,6-8H,2-5H2,(H,19,20). The molecular weight excluding hydrogens is 312 g/mol. The van der Waals surface area contributed by atoms with E-state index in [-0.39, 0.29) is 5.56 Å². The summed E-state index contributed by atoms with van der Waals surface area (Å²) in [6.07, 6.45) is 3.15. The van der Waals surface area contributed by atoms with Crippen molar-refractivity contribution in [3.63, 3.8) is 0 Å². The molecule has 1 fully saturated rings. The molecule has 0 amide bonds. The Bertz CT molecular complexity index is 642. The number of hydrogen-bond donors (Lipinski definition) is 1. The summed E-state index contributed by atoms with van der Waals surface area (Å²) in [6.45, 7) is 3.23. The van der Waals surface area contributed by atoms with Gasteiger partial charge in [0, 0.05) is 44.0 Å². The van der Waals surface area contributed by atoms with E-state index in [1.807, 2.05) is 5.38 Å². The van der Waals surface area contributed by atoms with E-state index in [1.165, 1.54) is 12.3 Å². The molecule has 110 valence electrons. The number of aromatic carboxylic acids is 1. The average Bonchev–Trinajstić information content (AvgIpc) is 3.01. The molecule has 3 rings (SSSR count). The summed E-state index contributed by atoms with van der Waals surface area (Å²) in [5.74, 6) is -0.384. The lowest BCUT2D eigenvalue weighted by Crippen LogP contribution is -2.46. The van der Waals surface area contributed by atoms with Crippen LogP contribution in [-0.4, -0.2) is 47.2 Å². The molecule has 0 spiro atoms. The van der Waals surface area contributed by atoms with Crippen LogP contribution in [0.2, 0.25) is 5.02 Å². The first-order valence-corrected chi connectivity index (χ1v) is 7.69. The first kappa shape index (κ1) is 14.1. The van der Waals surface area contributed by atoms with Crippen LogP contribution in [-0.2, 0) is 0 Å². The van der Waals surface area contributed by atoms with E-state index in [4.69, 9.17) is 16.7 Å². The molecule has 3 heterocycles. The summed E-state index contributed by atoms with van der Waals surface area (Å²) >= 11 is 7.78. The van der Waals surface area contributed by atoms with Gasteiger partial charge in [-0.2, -0.15) is 0 Å². The van der Waals surface area contributed by atoms with Crippen LogP contribution in [0, 0.1) is 0 Å². The van der Waals surface area contributed by atoms with Gasteiger partial charge in [0.05, 0.1) is 10.6 Å². The highest BCUT2D eigenvalue weighted by atomic mass is 35.5. The van der Waals surface area contributed by atoms with Crippen LogP contribution in [0.15, 0.2) is 23.8 Å². The van der Waals surface area contributed by atoms with Crippen molar-refractivity contribution >= 4 is 39.9 Å². The smallest absolute Gasteiger partial charge is 0.337 e. The van der Waals surface area contributed by atoms with E-state index >= 15 is 0 Å². The lowest BCUT2D eigenvalue weighted by Gasteiger charge is -2.35. The molecule has 0 radical (unpaired) electrons. The Hall–Kier alpha value is -1.86. The SMILES string of the molecule is O=C(O)c1cnc(N2CCN(c3nccs3)CC2)c(Cl)c1. The molecular formula is C13H13ClN4O2S. The Morgan fingerprint density at radius 1 is 1.24 bits per heavy atom. The zero-order valence-electron chi connectivity index (χ0n) is 11.1. The molecule has 1 aliphatic heterocycles.